The van der Waals surface area contributed by atoms with E-state index in [9.17, 15) is 13.2 Å². The third-order valence-corrected chi connectivity index (χ3v) is 13.9. The minimum atomic E-state index is -3.64. The standard InChI is InChI=1S/C34H39N3O4S2/c1-20(2)42-35-33(38)23-9-11-27-30(15-23)36-19-34(43(39,40)37-18-21-13-24(37)14-21)17-29(34)28-16-25(41-3)10-12-26(28)32(36)31(27)22-7-5-4-6-8-22/h9-12,15-16,18,20,22,24,29H,4-8,13-14,17,19H2,1-3H3,(H,35,38). The molecule has 3 aliphatic heterocycles. The topological polar surface area (TPSA) is 80.6 Å². The highest BCUT2D eigenvalue weighted by molar-refractivity contribution is 7.98. The molecule has 4 heterocycles. The number of carbonyl (C=O) groups excluding carboxylic acids is 1. The van der Waals surface area contributed by atoms with Gasteiger partial charge in [-0.3, -0.25) is 13.8 Å². The summed E-state index contributed by atoms with van der Waals surface area (Å²) in [4.78, 5) is 13.3. The smallest absolute Gasteiger partial charge is 0.261 e. The van der Waals surface area contributed by atoms with Crippen molar-refractivity contribution in [1.82, 2.24) is 13.6 Å². The number of ether oxygens (including phenoxy) is 1. The Morgan fingerprint density at radius 3 is 2.58 bits per heavy atom. The highest BCUT2D eigenvalue weighted by Crippen LogP contribution is 2.65. The number of methoxy groups -OCH3 is 1. The molecule has 2 bridgehead atoms. The molecule has 2 atom stereocenters. The number of aromatic nitrogens is 1. The van der Waals surface area contributed by atoms with Gasteiger partial charge >= 0.3 is 0 Å². The van der Waals surface area contributed by atoms with Crippen LogP contribution < -0.4 is 9.46 Å². The van der Waals surface area contributed by atoms with E-state index in [1.165, 1.54) is 42.3 Å². The first-order valence-corrected chi connectivity index (χ1v) is 18.1. The van der Waals surface area contributed by atoms with Crippen molar-refractivity contribution in [2.24, 2.45) is 0 Å². The van der Waals surface area contributed by atoms with Gasteiger partial charge in [0.2, 0.25) is 10.0 Å². The molecule has 1 aromatic heterocycles. The van der Waals surface area contributed by atoms with Gasteiger partial charge in [-0.1, -0.05) is 39.2 Å². The van der Waals surface area contributed by atoms with Crippen molar-refractivity contribution in [1.29, 1.82) is 0 Å². The molecule has 3 aromatic rings. The highest BCUT2D eigenvalue weighted by atomic mass is 32.2. The van der Waals surface area contributed by atoms with Crippen LogP contribution in [0, 0.1) is 0 Å². The maximum atomic E-state index is 14.7. The monoisotopic (exact) mass is 617 g/mol. The van der Waals surface area contributed by atoms with E-state index in [0.717, 1.165) is 59.2 Å². The van der Waals surface area contributed by atoms with Crippen molar-refractivity contribution in [3.63, 3.8) is 0 Å². The lowest BCUT2D eigenvalue weighted by Crippen LogP contribution is -2.44. The Morgan fingerprint density at radius 2 is 1.88 bits per heavy atom. The fourth-order valence-corrected chi connectivity index (χ4v) is 11.1. The van der Waals surface area contributed by atoms with Gasteiger partial charge < -0.3 is 9.30 Å². The van der Waals surface area contributed by atoms with Gasteiger partial charge in [-0.15, -0.1) is 0 Å². The summed E-state index contributed by atoms with van der Waals surface area (Å²) < 4.78 is 41.0. The third kappa shape index (κ3) is 4.06. The van der Waals surface area contributed by atoms with E-state index >= 15 is 0 Å². The number of hydrogen-bond donors (Lipinski definition) is 1. The van der Waals surface area contributed by atoms with Gasteiger partial charge in [0.1, 0.15) is 10.5 Å². The fourth-order valence-electron chi connectivity index (χ4n) is 8.26. The van der Waals surface area contributed by atoms with Crippen LogP contribution in [0.2, 0.25) is 0 Å². The van der Waals surface area contributed by atoms with Gasteiger partial charge in [-0.05, 0) is 97.0 Å². The van der Waals surface area contributed by atoms with E-state index in [1.807, 2.05) is 24.4 Å². The van der Waals surface area contributed by atoms with Gasteiger partial charge in [0.15, 0.2) is 0 Å². The number of carbonyl (C=O) groups is 1. The van der Waals surface area contributed by atoms with Crippen LogP contribution in [0.25, 0.3) is 22.2 Å². The lowest BCUT2D eigenvalue weighted by Gasteiger charge is -2.31. The summed E-state index contributed by atoms with van der Waals surface area (Å²) in [6.45, 7) is 4.49. The van der Waals surface area contributed by atoms with Crippen molar-refractivity contribution in [2.75, 3.05) is 7.11 Å². The summed E-state index contributed by atoms with van der Waals surface area (Å²) >= 11 is 1.41. The van der Waals surface area contributed by atoms with Crippen LogP contribution >= 0.6 is 11.9 Å². The molecule has 0 radical (unpaired) electrons. The Hall–Kier alpha value is -2.91. The lowest BCUT2D eigenvalue weighted by molar-refractivity contribution is 0.0984. The van der Waals surface area contributed by atoms with Gasteiger partial charge in [0.25, 0.3) is 5.91 Å². The predicted molar refractivity (Wildman–Crippen MR) is 172 cm³/mol. The largest absolute Gasteiger partial charge is 0.497 e. The second kappa shape index (κ2) is 9.80. The fraction of sp³-hybridized carbons (Fsp3) is 0.500. The molecule has 2 unspecified atom stereocenters. The Kier molecular flexibility index (Phi) is 6.29. The van der Waals surface area contributed by atoms with E-state index in [1.54, 1.807) is 11.4 Å². The number of rotatable bonds is 7. The molecule has 6 aliphatic rings. The van der Waals surface area contributed by atoms with Crippen molar-refractivity contribution < 1.29 is 17.9 Å². The van der Waals surface area contributed by atoms with Crippen LogP contribution in [-0.2, 0) is 16.6 Å². The zero-order valence-electron chi connectivity index (χ0n) is 25.1. The van der Waals surface area contributed by atoms with Crippen molar-refractivity contribution >= 4 is 38.8 Å². The quantitative estimate of drug-likeness (QED) is 0.287. The predicted octanol–water partition coefficient (Wildman–Crippen LogP) is 7.08. The Morgan fingerprint density at radius 1 is 1.09 bits per heavy atom. The lowest BCUT2D eigenvalue weighted by atomic mass is 9.81. The molecule has 9 rings (SSSR count). The third-order valence-electron chi connectivity index (χ3n) is 10.6. The highest BCUT2D eigenvalue weighted by Gasteiger charge is 2.69. The minimum Gasteiger partial charge on any atom is -0.497 e. The van der Waals surface area contributed by atoms with E-state index in [0.29, 0.717) is 24.4 Å². The second-order valence-electron chi connectivity index (χ2n) is 13.5. The minimum absolute atomic E-state index is 0.0658. The zero-order valence-corrected chi connectivity index (χ0v) is 26.7. The number of sulfonamides is 1. The molecule has 3 saturated carbocycles. The molecule has 43 heavy (non-hydrogen) atoms. The van der Waals surface area contributed by atoms with Crippen LogP contribution in [-0.4, -0.2) is 46.3 Å². The second-order valence-corrected chi connectivity index (χ2v) is 17.0. The first kappa shape index (κ1) is 27.6. The maximum absolute atomic E-state index is 14.7. The molecule has 1 N–H and O–H groups in total. The summed E-state index contributed by atoms with van der Waals surface area (Å²) in [5.41, 5.74) is 7.45. The Bertz CT molecular complexity index is 1800. The van der Waals surface area contributed by atoms with Gasteiger partial charge in [0, 0.05) is 45.9 Å². The first-order valence-electron chi connectivity index (χ1n) is 15.7. The number of fused-ring (bicyclic) bond motifs is 8. The number of hydrogen-bond acceptors (Lipinski definition) is 5. The summed E-state index contributed by atoms with van der Waals surface area (Å²) in [7, 11) is -1.97. The van der Waals surface area contributed by atoms with Gasteiger partial charge in [0.05, 0.1) is 18.8 Å². The number of nitrogens with one attached hydrogen (secondary N) is 1. The molecule has 9 heteroatoms. The molecule has 1 amide bonds. The normalized spacial score (nSPS) is 24.6. The molecule has 0 saturated heterocycles. The number of nitrogens with zero attached hydrogens (tertiary/aromatic N) is 2. The van der Waals surface area contributed by atoms with Crippen molar-refractivity contribution in [3.05, 3.63) is 64.9 Å². The van der Waals surface area contributed by atoms with Crippen LogP contribution in [0.4, 0.5) is 0 Å². The Balaban J connectivity index is 1.36. The molecular formula is C34H39N3O4S2. The summed E-state index contributed by atoms with van der Waals surface area (Å²) in [5.74, 6) is 0.926. The van der Waals surface area contributed by atoms with E-state index in [2.05, 4.69) is 41.3 Å². The average Bonchev–Trinajstić information content (AvgIpc) is 3.25. The molecule has 0 spiro atoms. The van der Waals surface area contributed by atoms with Crippen molar-refractivity contribution in [2.45, 2.75) is 99.6 Å². The summed E-state index contributed by atoms with van der Waals surface area (Å²) in [6.07, 6.45) is 10.1. The van der Waals surface area contributed by atoms with Crippen LogP contribution in [0.5, 0.6) is 5.75 Å². The molecule has 226 valence electrons. The summed E-state index contributed by atoms with van der Waals surface area (Å²) in [5, 5.41) is 1.42. The van der Waals surface area contributed by atoms with Gasteiger partial charge in [-0.2, -0.15) is 0 Å². The summed E-state index contributed by atoms with van der Waals surface area (Å²) in [6, 6.07) is 12.4. The van der Waals surface area contributed by atoms with Crippen molar-refractivity contribution in [3.8, 4) is 17.0 Å². The van der Waals surface area contributed by atoms with E-state index < -0.39 is 14.8 Å². The molecule has 3 fully saturated rings. The van der Waals surface area contributed by atoms with E-state index in [4.69, 9.17) is 4.74 Å². The number of amides is 1. The van der Waals surface area contributed by atoms with Crippen LogP contribution in [0.15, 0.2) is 48.2 Å². The van der Waals surface area contributed by atoms with Crippen LogP contribution in [0.1, 0.15) is 98.5 Å². The SMILES string of the molecule is COc1ccc2c(c1)C1CC1(S(=O)(=O)N1C=C3CC1C3)Cn1c-2c(C2CCCCC2)c2ccc(C(=O)NSC(C)C)cc21. The maximum Gasteiger partial charge on any atom is 0.261 e. The van der Waals surface area contributed by atoms with Crippen LogP contribution in [0.3, 0.4) is 0 Å². The number of benzene rings is 2. The zero-order chi connectivity index (χ0) is 29.7. The molecular weight excluding hydrogens is 579 g/mol. The van der Waals surface area contributed by atoms with Gasteiger partial charge in [-0.25, -0.2) is 8.42 Å². The van der Waals surface area contributed by atoms with E-state index in [-0.39, 0.29) is 23.1 Å². The first-order chi connectivity index (χ1) is 20.7. The average molecular weight is 618 g/mol. The molecule has 3 aliphatic carbocycles. The molecule has 7 nitrogen and oxygen atoms in total. The molecule has 2 aromatic carbocycles. The Labute approximate surface area is 258 Å².